The average molecular weight is 359 g/mol. The molecule has 0 aliphatic carbocycles. The second-order valence-electron chi connectivity index (χ2n) is 5.59. The van der Waals surface area contributed by atoms with E-state index in [4.69, 9.17) is 28.9 Å². The molecule has 2 aromatic rings. The first-order chi connectivity index (χ1) is 10.5. The van der Waals surface area contributed by atoms with Gasteiger partial charge in [0.2, 0.25) is 5.13 Å². The van der Waals surface area contributed by atoms with Gasteiger partial charge in [0.15, 0.2) is 0 Å². The highest BCUT2D eigenvalue weighted by molar-refractivity contribution is 7.18. The number of nitrogens with zero attached hydrogens (tertiary/aromatic N) is 3. The van der Waals surface area contributed by atoms with Crippen molar-refractivity contribution in [3.05, 3.63) is 28.2 Å². The zero-order valence-corrected chi connectivity index (χ0v) is 14.1. The highest BCUT2D eigenvalue weighted by atomic mass is 35.5. The molecule has 3 rings (SSSR count). The summed E-state index contributed by atoms with van der Waals surface area (Å²) in [5.41, 5.74) is 6.45. The van der Waals surface area contributed by atoms with E-state index in [-0.39, 0.29) is 6.61 Å². The Balaban J connectivity index is 1.84. The lowest BCUT2D eigenvalue weighted by atomic mass is 9.91. The predicted octanol–water partition coefficient (Wildman–Crippen LogP) is 2.80. The minimum Gasteiger partial charge on any atom is -0.394 e. The first kappa shape index (κ1) is 16.0. The van der Waals surface area contributed by atoms with Crippen molar-refractivity contribution in [3.63, 3.8) is 0 Å². The Morgan fingerprint density at radius 3 is 2.68 bits per heavy atom. The van der Waals surface area contributed by atoms with E-state index in [2.05, 4.69) is 15.1 Å². The molecule has 3 N–H and O–H groups in total. The van der Waals surface area contributed by atoms with Gasteiger partial charge in [0.05, 0.1) is 12.1 Å². The van der Waals surface area contributed by atoms with Crippen LogP contribution in [0.2, 0.25) is 10.0 Å². The zero-order chi connectivity index (χ0) is 15.7. The molecule has 0 radical (unpaired) electrons. The third kappa shape index (κ3) is 3.36. The van der Waals surface area contributed by atoms with Gasteiger partial charge in [-0.15, -0.1) is 10.2 Å². The van der Waals surface area contributed by atoms with Crippen LogP contribution in [0.3, 0.4) is 0 Å². The molecule has 0 bridgehead atoms. The summed E-state index contributed by atoms with van der Waals surface area (Å²) in [5.74, 6) is 0. The first-order valence-electron chi connectivity index (χ1n) is 6.94. The Labute approximate surface area is 142 Å². The van der Waals surface area contributed by atoms with Crippen molar-refractivity contribution in [2.45, 2.75) is 18.4 Å². The number of benzene rings is 1. The summed E-state index contributed by atoms with van der Waals surface area (Å²) in [7, 11) is 0. The number of hydrogen-bond acceptors (Lipinski definition) is 6. The van der Waals surface area contributed by atoms with Crippen LogP contribution in [0.1, 0.15) is 12.8 Å². The van der Waals surface area contributed by atoms with Gasteiger partial charge in [-0.1, -0.05) is 34.5 Å². The van der Waals surface area contributed by atoms with E-state index in [0.29, 0.717) is 16.6 Å². The van der Waals surface area contributed by atoms with Crippen LogP contribution in [0.5, 0.6) is 0 Å². The van der Waals surface area contributed by atoms with Crippen molar-refractivity contribution < 1.29 is 5.11 Å². The average Bonchev–Trinajstić information content (AvgIpc) is 2.96. The van der Waals surface area contributed by atoms with E-state index in [1.54, 1.807) is 6.07 Å². The summed E-state index contributed by atoms with van der Waals surface area (Å²) in [6.45, 7) is 1.41. The Hall–Kier alpha value is -0.920. The van der Waals surface area contributed by atoms with Crippen molar-refractivity contribution in [1.82, 2.24) is 10.2 Å². The standard InChI is InChI=1S/C14H16Cl2N4OS/c15-10-4-9(5-11(16)6-10)12-18-19-13(22-12)20-3-1-2-14(17,7-20)8-21/h4-6,21H,1-3,7-8,17H2. The smallest absolute Gasteiger partial charge is 0.208 e. The van der Waals surface area contributed by atoms with Crippen molar-refractivity contribution in [3.8, 4) is 10.6 Å². The van der Waals surface area contributed by atoms with Gasteiger partial charge >= 0.3 is 0 Å². The number of aliphatic hydroxyl groups is 1. The van der Waals surface area contributed by atoms with Gasteiger partial charge in [-0.3, -0.25) is 0 Å². The van der Waals surface area contributed by atoms with E-state index in [1.807, 2.05) is 12.1 Å². The number of piperidine rings is 1. The van der Waals surface area contributed by atoms with Crippen LogP contribution < -0.4 is 10.6 Å². The Kier molecular flexibility index (Phi) is 4.56. The predicted molar refractivity (Wildman–Crippen MR) is 90.8 cm³/mol. The molecule has 1 aromatic carbocycles. The lowest BCUT2D eigenvalue weighted by Gasteiger charge is -2.38. The van der Waals surface area contributed by atoms with Crippen molar-refractivity contribution in [2.24, 2.45) is 5.73 Å². The monoisotopic (exact) mass is 358 g/mol. The minimum atomic E-state index is -0.566. The van der Waals surface area contributed by atoms with E-state index < -0.39 is 5.54 Å². The summed E-state index contributed by atoms with van der Waals surface area (Å²) in [6, 6.07) is 5.31. The fourth-order valence-electron chi connectivity index (χ4n) is 2.59. The van der Waals surface area contributed by atoms with Crippen LogP contribution in [0.4, 0.5) is 5.13 Å². The maximum Gasteiger partial charge on any atom is 0.208 e. The fraction of sp³-hybridized carbons (Fsp3) is 0.429. The van der Waals surface area contributed by atoms with E-state index in [9.17, 15) is 5.11 Å². The third-order valence-corrected chi connectivity index (χ3v) is 5.19. The van der Waals surface area contributed by atoms with Crippen molar-refractivity contribution in [2.75, 3.05) is 24.6 Å². The summed E-state index contributed by atoms with van der Waals surface area (Å²) in [4.78, 5) is 2.08. The summed E-state index contributed by atoms with van der Waals surface area (Å²) >= 11 is 13.5. The van der Waals surface area contributed by atoms with Gasteiger partial charge < -0.3 is 15.7 Å². The van der Waals surface area contributed by atoms with Gasteiger partial charge in [0.1, 0.15) is 5.01 Å². The Morgan fingerprint density at radius 2 is 2.00 bits per heavy atom. The number of aromatic nitrogens is 2. The summed E-state index contributed by atoms with van der Waals surface area (Å²) < 4.78 is 0. The largest absolute Gasteiger partial charge is 0.394 e. The number of nitrogens with two attached hydrogens (primary N) is 1. The SMILES string of the molecule is NC1(CO)CCCN(c2nnc(-c3cc(Cl)cc(Cl)c3)s2)C1. The number of halogens is 2. The minimum absolute atomic E-state index is 0.0287. The molecule has 1 aliphatic rings. The summed E-state index contributed by atoms with van der Waals surface area (Å²) in [5, 5.41) is 20.6. The number of hydrogen-bond donors (Lipinski definition) is 2. The van der Waals surface area contributed by atoms with Gasteiger partial charge in [0.25, 0.3) is 0 Å². The molecule has 5 nitrogen and oxygen atoms in total. The lowest BCUT2D eigenvalue weighted by Crippen LogP contribution is -2.56. The normalized spacial score (nSPS) is 22.1. The van der Waals surface area contributed by atoms with Gasteiger partial charge in [-0.05, 0) is 31.0 Å². The van der Waals surface area contributed by atoms with Crippen molar-refractivity contribution in [1.29, 1.82) is 0 Å². The number of anilines is 1. The third-order valence-electron chi connectivity index (χ3n) is 3.72. The number of rotatable bonds is 3. The second kappa shape index (κ2) is 6.29. The van der Waals surface area contributed by atoms with Gasteiger partial charge in [0, 0.05) is 28.7 Å². The first-order valence-corrected chi connectivity index (χ1v) is 8.51. The molecule has 22 heavy (non-hydrogen) atoms. The van der Waals surface area contributed by atoms with Crippen LogP contribution in [0, 0.1) is 0 Å². The molecule has 2 heterocycles. The summed E-state index contributed by atoms with van der Waals surface area (Å²) in [6.07, 6.45) is 1.74. The highest BCUT2D eigenvalue weighted by Crippen LogP contribution is 2.34. The fourth-order valence-corrected chi connectivity index (χ4v) is 3.97. The van der Waals surface area contributed by atoms with Crippen LogP contribution in [-0.2, 0) is 0 Å². The molecular weight excluding hydrogens is 343 g/mol. The molecule has 1 aliphatic heterocycles. The Bertz CT molecular complexity index is 660. The molecule has 0 saturated carbocycles. The quantitative estimate of drug-likeness (QED) is 0.882. The molecular formula is C14H16Cl2N4OS. The van der Waals surface area contributed by atoms with Crippen LogP contribution in [-0.4, -0.2) is 40.5 Å². The molecule has 8 heteroatoms. The van der Waals surface area contributed by atoms with E-state index >= 15 is 0 Å². The van der Waals surface area contributed by atoms with Crippen LogP contribution in [0.25, 0.3) is 10.6 Å². The second-order valence-corrected chi connectivity index (χ2v) is 7.42. The molecule has 118 valence electrons. The van der Waals surface area contributed by atoms with Crippen molar-refractivity contribution >= 4 is 39.7 Å². The number of aliphatic hydroxyl groups excluding tert-OH is 1. The van der Waals surface area contributed by atoms with E-state index in [1.165, 1.54) is 11.3 Å². The zero-order valence-electron chi connectivity index (χ0n) is 11.8. The Morgan fingerprint density at radius 1 is 1.27 bits per heavy atom. The van der Waals surface area contributed by atoms with Gasteiger partial charge in [-0.25, -0.2) is 0 Å². The highest BCUT2D eigenvalue weighted by Gasteiger charge is 2.32. The van der Waals surface area contributed by atoms with Crippen LogP contribution in [0.15, 0.2) is 18.2 Å². The molecule has 0 amide bonds. The molecule has 1 fully saturated rings. The maximum absolute atomic E-state index is 9.45. The molecule has 1 unspecified atom stereocenters. The lowest BCUT2D eigenvalue weighted by molar-refractivity contribution is 0.177. The van der Waals surface area contributed by atoms with Gasteiger partial charge in [-0.2, -0.15) is 0 Å². The van der Waals surface area contributed by atoms with Crippen LogP contribution >= 0.6 is 34.5 Å². The van der Waals surface area contributed by atoms with E-state index in [0.717, 1.165) is 35.1 Å². The molecule has 1 aromatic heterocycles. The molecule has 1 saturated heterocycles. The maximum atomic E-state index is 9.45. The molecule has 1 atom stereocenters. The topological polar surface area (TPSA) is 75.3 Å². The molecule has 0 spiro atoms.